The Kier molecular flexibility index (Phi) is 6.16. The zero-order chi connectivity index (χ0) is 19.4. The van der Waals surface area contributed by atoms with Gasteiger partial charge in [-0.15, -0.1) is 0 Å². The molecule has 1 amide bonds. The molecule has 0 unspecified atom stereocenters. The smallest absolute Gasteiger partial charge is 0.282 e. The molecule has 2 aromatic carbocycles. The summed E-state index contributed by atoms with van der Waals surface area (Å²) in [4.78, 5) is 12.3. The summed E-state index contributed by atoms with van der Waals surface area (Å²) >= 11 is 6.04. The number of nitrogens with one attached hydrogen (secondary N) is 1. The molecule has 0 spiro atoms. The van der Waals surface area contributed by atoms with Crippen molar-refractivity contribution in [3.05, 3.63) is 64.7 Å². The first-order valence-corrected chi connectivity index (χ1v) is 10.5. The zero-order valence-electron chi connectivity index (χ0n) is 15.1. The Labute approximate surface area is 164 Å². The highest BCUT2D eigenvalue weighted by Gasteiger charge is 2.34. The third-order valence-corrected chi connectivity index (χ3v) is 6.80. The Balaban J connectivity index is 1.70. The fourth-order valence-electron chi connectivity index (χ4n) is 3.03. The summed E-state index contributed by atoms with van der Waals surface area (Å²) in [5.41, 5.74) is 2.47. The van der Waals surface area contributed by atoms with Crippen LogP contribution in [-0.4, -0.2) is 42.6 Å². The molecule has 1 aliphatic heterocycles. The summed E-state index contributed by atoms with van der Waals surface area (Å²) in [6.45, 7) is 2.79. The second-order valence-electron chi connectivity index (χ2n) is 6.48. The van der Waals surface area contributed by atoms with Crippen LogP contribution in [0.25, 0.3) is 0 Å². The fraction of sp³-hybridized carbons (Fsp3) is 0.316. The van der Waals surface area contributed by atoms with Gasteiger partial charge in [0, 0.05) is 19.6 Å². The number of hydrogen-bond acceptors (Lipinski definition) is 3. The first-order valence-electron chi connectivity index (χ1n) is 8.72. The van der Waals surface area contributed by atoms with Crippen molar-refractivity contribution in [2.75, 3.05) is 25.0 Å². The van der Waals surface area contributed by atoms with E-state index in [2.05, 4.69) is 5.32 Å². The molecule has 27 heavy (non-hydrogen) atoms. The van der Waals surface area contributed by atoms with Gasteiger partial charge in [-0.2, -0.15) is 17.0 Å². The monoisotopic (exact) mass is 407 g/mol. The summed E-state index contributed by atoms with van der Waals surface area (Å²) in [7, 11) is -3.70. The number of benzene rings is 2. The molecule has 1 fully saturated rings. The number of carbonyl (C=O) groups excluding carboxylic acids is 1. The highest BCUT2D eigenvalue weighted by molar-refractivity contribution is 7.86. The van der Waals surface area contributed by atoms with Gasteiger partial charge in [0.25, 0.3) is 10.2 Å². The van der Waals surface area contributed by atoms with Gasteiger partial charge in [-0.3, -0.25) is 4.79 Å². The average Bonchev–Trinajstić information content (AvgIpc) is 2.62. The van der Waals surface area contributed by atoms with Gasteiger partial charge >= 0.3 is 0 Å². The van der Waals surface area contributed by atoms with Gasteiger partial charge in [0.15, 0.2) is 0 Å². The average molecular weight is 408 g/mol. The number of amides is 1. The van der Waals surface area contributed by atoms with Crippen molar-refractivity contribution >= 4 is 33.4 Å². The molecular weight excluding hydrogens is 386 g/mol. The van der Waals surface area contributed by atoms with Gasteiger partial charge in [-0.05, 0) is 36.6 Å². The summed E-state index contributed by atoms with van der Waals surface area (Å²) in [5.74, 6) is -0.413. The molecular formula is C19H22ClN3O3S. The number of aryl methyl sites for hydroxylation is 1. The van der Waals surface area contributed by atoms with Gasteiger partial charge in [-0.25, -0.2) is 0 Å². The maximum Gasteiger partial charge on any atom is 0.282 e. The van der Waals surface area contributed by atoms with Crippen LogP contribution in [0.15, 0.2) is 48.5 Å². The molecule has 144 valence electrons. The van der Waals surface area contributed by atoms with Crippen molar-refractivity contribution in [2.24, 2.45) is 0 Å². The van der Waals surface area contributed by atoms with Crippen LogP contribution < -0.4 is 5.32 Å². The predicted octanol–water partition coefficient (Wildman–Crippen LogP) is 3.04. The number of halogens is 1. The number of hydrogen-bond donors (Lipinski definition) is 1. The van der Waals surface area contributed by atoms with Crippen molar-refractivity contribution in [2.45, 2.75) is 19.9 Å². The molecule has 0 aliphatic carbocycles. The fourth-order valence-corrected chi connectivity index (χ4v) is 4.84. The SMILES string of the molecule is Cc1ccccc1CN1CCCN(CC(=O)Nc2ccccc2Cl)S1(=O)=O. The first-order chi connectivity index (χ1) is 12.9. The molecule has 3 rings (SSSR count). The van der Waals surface area contributed by atoms with E-state index in [-0.39, 0.29) is 6.54 Å². The van der Waals surface area contributed by atoms with E-state index in [4.69, 9.17) is 11.6 Å². The highest BCUT2D eigenvalue weighted by Crippen LogP contribution is 2.22. The second-order valence-corrected chi connectivity index (χ2v) is 8.82. The number of nitrogens with zero attached hydrogens (tertiary/aromatic N) is 2. The summed E-state index contributed by atoms with van der Waals surface area (Å²) in [6, 6.07) is 14.6. The lowest BCUT2D eigenvalue weighted by Crippen LogP contribution is -2.51. The van der Waals surface area contributed by atoms with E-state index in [1.165, 1.54) is 8.61 Å². The topological polar surface area (TPSA) is 69.7 Å². The second kappa shape index (κ2) is 8.39. The molecule has 1 N–H and O–H groups in total. The highest BCUT2D eigenvalue weighted by atomic mass is 35.5. The predicted molar refractivity (Wildman–Crippen MR) is 107 cm³/mol. The van der Waals surface area contributed by atoms with Crippen LogP contribution in [0.1, 0.15) is 17.5 Å². The van der Waals surface area contributed by atoms with E-state index in [0.717, 1.165) is 11.1 Å². The van der Waals surface area contributed by atoms with Crippen molar-refractivity contribution in [3.63, 3.8) is 0 Å². The lowest BCUT2D eigenvalue weighted by Gasteiger charge is -2.34. The largest absolute Gasteiger partial charge is 0.324 e. The van der Waals surface area contributed by atoms with E-state index in [1.807, 2.05) is 31.2 Å². The normalized spacial score (nSPS) is 17.6. The standard InChI is InChI=1S/C19H22ClN3O3S/c1-15-7-2-3-8-16(15)13-22-11-6-12-23(27(22,25)26)14-19(24)21-18-10-5-4-9-17(18)20/h2-5,7-10H,6,11-14H2,1H3,(H,21,24). The first kappa shape index (κ1) is 19.8. The molecule has 0 atom stereocenters. The van der Waals surface area contributed by atoms with Crippen LogP contribution in [0.2, 0.25) is 5.02 Å². The lowest BCUT2D eigenvalue weighted by molar-refractivity contribution is -0.116. The van der Waals surface area contributed by atoms with E-state index in [9.17, 15) is 13.2 Å². The zero-order valence-corrected chi connectivity index (χ0v) is 16.6. The Hall–Kier alpha value is -1.93. The van der Waals surface area contributed by atoms with E-state index < -0.39 is 16.1 Å². The minimum atomic E-state index is -3.70. The van der Waals surface area contributed by atoms with Crippen LogP contribution in [0.3, 0.4) is 0 Å². The molecule has 1 saturated heterocycles. The molecule has 0 radical (unpaired) electrons. The molecule has 1 aliphatic rings. The molecule has 2 aromatic rings. The van der Waals surface area contributed by atoms with Crippen LogP contribution >= 0.6 is 11.6 Å². The van der Waals surface area contributed by atoms with Crippen LogP contribution in [0, 0.1) is 6.92 Å². The van der Waals surface area contributed by atoms with Crippen molar-refractivity contribution < 1.29 is 13.2 Å². The van der Waals surface area contributed by atoms with Gasteiger partial charge in [0.2, 0.25) is 5.91 Å². The third kappa shape index (κ3) is 4.68. The minimum absolute atomic E-state index is 0.238. The Morgan fingerprint density at radius 2 is 1.74 bits per heavy atom. The van der Waals surface area contributed by atoms with Gasteiger partial charge in [0.05, 0.1) is 17.3 Å². The Morgan fingerprint density at radius 1 is 1.07 bits per heavy atom. The molecule has 0 aromatic heterocycles. The number of carbonyl (C=O) groups is 1. The maximum absolute atomic E-state index is 12.9. The van der Waals surface area contributed by atoms with Crippen LogP contribution in [0.5, 0.6) is 0 Å². The Morgan fingerprint density at radius 3 is 2.48 bits per heavy atom. The van der Waals surface area contributed by atoms with Crippen molar-refractivity contribution in [3.8, 4) is 0 Å². The van der Waals surface area contributed by atoms with Crippen molar-refractivity contribution in [1.29, 1.82) is 0 Å². The quantitative estimate of drug-likeness (QED) is 0.828. The molecule has 0 saturated carbocycles. The summed E-state index contributed by atoms with van der Waals surface area (Å²) in [6.07, 6.45) is 0.671. The van der Waals surface area contributed by atoms with Crippen molar-refractivity contribution in [1.82, 2.24) is 8.61 Å². The van der Waals surface area contributed by atoms with Gasteiger partial charge in [-0.1, -0.05) is 48.0 Å². The lowest BCUT2D eigenvalue weighted by atomic mass is 10.1. The number of rotatable bonds is 5. The van der Waals surface area contributed by atoms with E-state index >= 15 is 0 Å². The summed E-state index contributed by atoms with van der Waals surface area (Å²) < 4.78 is 28.5. The van der Waals surface area contributed by atoms with Crippen LogP contribution in [-0.2, 0) is 21.5 Å². The number of anilines is 1. The van der Waals surface area contributed by atoms with E-state index in [1.54, 1.807) is 24.3 Å². The molecule has 6 nitrogen and oxygen atoms in total. The van der Waals surface area contributed by atoms with Gasteiger partial charge < -0.3 is 5.32 Å². The minimum Gasteiger partial charge on any atom is -0.324 e. The van der Waals surface area contributed by atoms with E-state index in [0.29, 0.717) is 36.8 Å². The Bertz CT molecular complexity index is 933. The molecule has 8 heteroatoms. The van der Waals surface area contributed by atoms with Crippen LogP contribution in [0.4, 0.5) is 5.69 Å². The maximum atomic E-state index is 12.9. The molecule has 1 heterocycles. The van der Waals surface area contributed by atoms with Gasteiger partial charge in [0.1, 0.15) is 0 Å². The summed E-state index contributed by atoms with van der Waals surface area (Å²) in [5, 5.41) is 3.08. The molecule has 0 bridgehead atoms. The third-order valence-electron chi connectivity index (χ3n) is 4.54. The number of para-hydroxylation sites is 1.